The lowest BCUT2D eigenvalue weighted by atomic mass is 10.00. The van der Waals surface area contributed by atoms with Crippen LogP contribution in [0.2, 0.25) is 0 Å². The first-order valence-electron chi connectivity index (χ1n) is 6.15. The van der Waals surface area contributed by atoms with Crippen LogP contribution in [0.3, 0.4) is 0 Å². The van der Waals surface area contributed by atoms with Crippen molar-refractivity contribution in [3.05, 3.63) is 0 Å². The monoisotopic (exact) mass is 246 g/mol. The topological polar surface area (TPSA) is 49.4 Å². The van der Waals surface area contributed by atoms with Gasteiger partial charge in [0.15, 0.2) is 0 Å². The van der Waals surface area contributed by atoms with Crippen LogP contribution in [0.25, 0.3) is 0 Å². The lowest BCUT2D eigenvalue weighted by Gasteiger charge is -2.31. The van der Waals surface area contributed by atoms with Crippen molar-refractivity contribution in [1.82, 2.24) is 9.62 Å². The zero-order valence-electron chi connectivity index (χ0n) is 10.1. The number of nitrogens with zero attached hydrogens (tertiary/aromatic N) is 1. The quantitative estimate of drug-likeness (QED) is 0.792. The van der Waals surface area contributed by atoms with E-state index in [2.05, 4.69) is 12.2 Å². The van der Waals surface area contributed by atoms with Gasteiger partial charge in [0.05, 0.1) is 6.26 Å². The maximum atomic E-state index is 11.4. The molecule has 4 nitrogen and oxygen atoms in total. The van der Waals surface area contributed by atoms with Crippen molar-refractivity contribution in [2.24, 2.45) is 11.8 Å². The predicted octanol–water partition coefficient (Wildman–Crippen LogP) is 0.656. The fourth-order valence-corrected chi connectivity index (χ4v) is 3.36. The summed E-state index contributed by atoms with van der Waals surface area (Å²) in [6, 6.07) is 0.689. The van der Waals surface area contributed by atoms with Gasteiger partial charge >= 0.3 is 0 Å². The number of hydrogen-bond acceptors (Lipinski definition) is 3. The molecule has 0 aromatic carbocycles. The molecule has 1 N–H and O–H groups in total. The molecule has 0 bridgehead atoms. The Morgan fingerprint density at radius 3 is 2.69 bits per heavy atom. The predicted molar refractivity (Wildman–Crippen MR) is 64.7 cm³/mol. The highest BCUT2D eigenvalue weighted by Crippen LogP contribution is 2.29. The average Bonchev–Trinajstić information content (AvgIpc) is 2.91. The van der Waals surface area contributed by atoms with E-state index >= 15 is 0 Å². The van der Waals surface area contributed by atoms with Crippen molar-refractivity contribution >= 4 is 10.0 Å². The summed E-state index contributed by atoms with van der Waals surface area (Å²) >= 11 is 0. The summed E-state index contributed by atoms with van der Waals surface area (Å²) in [5.74, 6) is 1.31. The highest BCUT2D eigenvalue weighted by atomic mass is 32.2. The molecule has 1 saturated heterocycles. The van der Waals surface area contributed by atoms with E-state index in [1.807, 2.05) is 0 Å². The summed E-state index contributed by atoms with van der Waals surface area (Å²) < 4.78 is 24.5. The first-order valence-corrected chi connectivity index (χ1v) is 8.00. The van der Waals surface area contributed by atoms with Crippen molar-refractivity contribution in [2.45, 2.75) is 32.2 Å². The molecule has 2 rings (SSSR count). The van der Waals surface area contributed by atoms with E-state index in [1.54, 1.807) is 4.31 Å². The molecule has 1 heterocycles. The van der Waals surface area contributed by atoms with Crippen molar-refractivity contribution in [2.75, 3.05) is 25.9 Å². The van der Waals surface area contributed by atoms with Crippen LogP contribution in [-0.2, 0) is 10.0 Å². The molecule has 5 heteroatoms. The maximum absolute atomic E-state index is 11.4. The molecule has 3 atom stereocenters. The van der Waals surface area contributed by atoms with Crippen molar-refractivity contribution in [1.29, 1.82) is 0 Å². The molecular formula is C11H22N2O2S. The van der Waals surface area contributed by atoms with Crippen LogP contribution in [0.15, 0.2) is 0 Å². The highest BCUT2D eigenvalue weighted by Gasteiger charge is 2.33. The van der Waals surface area contributed by atoms with Gasteiger partial charge in [-0.1, -0.05) is 6.92 Å². The van der Waals surface area contributed by atoms with Gasteiger partial charge in [-0.05, 0) is 37.6 Å². The van der Waals surface area contributed by atoms with Crippen molar-refractivity contribution in [3.8, 4) is 0 Å². The van der Waals surface area contributed by atoms with E-state index < -0.39 is 10.0 Å². The molecule has 1 saturated carbocycles. The van der Waals surface area contributed by atoms with E-state index in [0.717, 1.165) is 25.3 Å². The van der Waals surface area contributed by atoms with Gasteiger partial charge in [-0.3, -0.25) is 0 Å². The van der Waals surface area contributed by atoms with Gasteiger partial charge < -0.3 is 5.32 Å². The first kappa shape index (κ1) is 12.3. The SMILES string of the molecule is CC1CC1NCC1CCCN(S(C)(=O)=O)C1. The first-order chi connectivity index (χ1) is 7.47. The van der Waals surface area contributed by atoms with Crippen LogP contribution in [0.4, 0.5) is 0 Å². The third kappa shape index (κ3) is 3.18. The zero-order chi connectivity index (χ0) is 11.8. The Labute approximate surface area is 98.4 Å². The summed E-state index contributed by atoms with van der Waals surface area (Å²) in [5.41, 5.74) is 0. The van der Waals surface area contributed by atoms with Crippen LogP contribution in [0.1, 0.15) is 26.2 Å². The molecule has 0 aromatic rings. The number of hydrogen-bond donors (Lipinski definition) is 1. The van der Waals surface area contributed by atoms with Crippen molar-refractivity contribution in [3.63, 3.8) is 0 Å². The van der Waals surface area contributed by atoms with Crippen LogP contribution >= 0.6 is 0 Å². The average molecular weight is 246 g/mol. The van der Waals surface area contributed by atoms with Gasteiger partial charge in [0.25, 0.3) is 0 Å². The third-order valence-electron chi connectivity index (χ3n) is 3.73. The molecule has 16 heavy (non-hydrogen) atoms. The molecule has 2 aliphatic rings. The molecule has 94 valence electrons. The zero-order valence-corrected chi connectivity index (χ0v) is 11.0. The second-order valence-electron chi connectivity index (χ2n) is 5.36. The van der Waals surface area contributed by atoms with Crippen LogP contribution in [0.5, 0.6) is 0 Å². The van der Waals surface area contributed by atoms with Gasteiger partial charge in [0, 0.05) is 19.1 Å². The molecular weight excluding hydrogens is 224 g/mol. The molecule has 0 amide bonds. The molecule has 0 aromatic heterocycles. The van der Waals surface area contributed by atoms with E-state index in [4.69, 9.17) is 0 Å². The molecule has 3 unspecified atom stereocenters. The molecule has 0 spiro atoms. The van der Waals surface area contributed by atoms with E-state index in [0.29, 0.717) is 25.0 Å². The summed E-state index contributed by atoms with van der Waals surface area (Å²) in [5, 5.41) is 3.53. The van der Waals surface area contributed by atoms with Gasteiger partial charge in [0.2, 0.25) is 10.0 Å². The molecule has 1 aliphatic carbocycles. The summed E-state index contributed by atoms with van der Waals surface area (Å²) in [7, 11) is -2.99. The fraction of sp³-hybridized carbons (Fsp3) is 1.00. The van der Waals surface area contributed by atoms with Gasteiger partial charge in [-0.15, -0.1) is 0 Å². The largest absolute Gasteiger partial charge is 0.313 e. The number of nitrogens with one attached hydrogen (secondary N) is 1. The second-order valence-corrected chi connectivity index (χ2v) is 7.34. The van der Waals surface area contributed by atoms with Gasteiger partial charge in [-0.25, -0.2) is 12.7 Å². The minimum absolute atomic E-state index is 0.497. The number of piperidine rings is 1. The minimum atomic E-state index is -2.99. The summed E-state index contributed by atoms with van der Waals surface area (Å²) in [4.78, 5) is 0. The smallest absolute Gasteiger partial charge is 0.211 e. The molecule has 1 aliphatic heterocycles. The highest BCUT2D eigenvalue weighted by molar-refractivity contribution is 7.88. The van der Waals surface area contributed by atoms with Crippen LogP contribution in [-0.4, -0.2) is 44.7 Å². The Morgan fingerprint density at radius 2 is 2.12 bits per heavy atom. The lowest BCUT2D eigenvalue weighted by Crippen LogP contribution is -2.42. The molecule has 0 radical (unpaired) electrons. The van der Waals surface area contributed by atoms with E-state index in [-0.39, 0.29) is 0 Å². The Kier molecular flexibility index (Phi) is 3.56. The molecule has 2 fully saturated rings. The normalized spacial score (nSPS) is 36.2. The lowest BCUT2D eigenvalue weighted by molar-refractivity contribution is 0.260. The Hall–Kier alpha value is -0.130. The Balaban J connectivity index is 1.78. The van der Waals surface area contributed by atoms with Crippen molar-refractivity contribution < 1.29 is 8.42 Å². The number of sulfonamides is 1. The van der Waals surface area contributed by atoms with Gasteiger partial charge in [0.1, 0.15) is 0 Å². The van der Waals surface area contributed by atoms with Gasteiger partial charge in [-0.2, -0.15) is 0 Å². The summed E-state index contributed by atoms with van der Waals surface area (Å²) in [6.45, 7) is 4.63. The second kappa shape index (κ2) is 4.63. The summed E-state index contributed by atoms with van der Waals surface area (Å²) in [6.07, 6.45) is 4.74. The van der Waals surface area contributed by atoms with E-state index in [9.17, 15) is 8.42 Å². The Morgan fingerprint density at radius 1 is 1.44 bits per heavy atom. The van der Waals surface area contributed by atoms with Crippen LogP contribution in [0, 0.1) is 11.8 Å². The standard InChI is InChI=1S/C11H22N2O2S/c1-9-6-11(9)12-7-10-4-3-5-13(8-10)16(2,14)15/h9-12H,3-8H2,1-2H3. The van der Waals surface area contributed by atoms with Crippen LogP contribution < -0.4 is 5.32 Å². The fourth-order valence-electron chi connectivity index (χ4n) is 2.42. The number of rotatable bonds is 4. The maximum Gasteiger partial charge on any atom is 0.211 e. The van der Waals surface area contributed by atoms with E-state index in [1.165, 1.54) is 12.7 Å². The third-order valence-corrected chi connectivity index (χ3v) is 5.00. The Bertz CT molecular complexity index is 342. The minimum Gasteiger partial charge on any atom is -0.313 e.